The van der Waals surface area contributed by atoms with Gasteiger partial charge in [0.1, 0.15) is 5.75 Å². The van der Waals surface area contributed by atoms with Crippen molar-refractivity contribution < 1.29 is 9.47 Å². The molecule has 2 N–H and O–H groups in total. The molecule has 106 valence electrons. The highest BCUT2D eigenvalue weighted by atomic mass is 16.5. The predicted octanol–water partition coefficient (Wildman–Crippen LogP) is 1.63. The molecule has 0 amide bonds. The summed E-state index contributed by atoms with van der Waals surface area (Å²) in [5, 5.41) is 0. The molecule has 0 bridgehead atoms. The fraction of sp³-hybridized carbons (Fsp3) is 0.600. The molecule has 1 fully saturated rings. The zero-order valence-corrected chi connectivity index (χ0v) is 11.7. The predicted molar refractivity (Wildman–Crippen MR) is 76.3 cm³/mol. The molecule has 1 aromatic carbocycles. The van der Waals surface area contributed by atoms with Crippen LogP contribution in [0.5, 0.6) is 5.75 Å². The molecule has 1 heterocycles. The second-order valence-corrected chi connectivity index (χ2v) is 5.04. The number of hydrogen-bond donors (Lipinski definition) is 1. The van der Waals surface area contributed by atoms with E-state index < -0.39 is 0 Å². The largest absolute Gasteiger partial charge is 0.494 e. The molecule has 1 atom stereocenters. The van der Waals surface area contributed by atoms with Gasteiger partial charge in [0.05, 0.1) is 19.3 Å². The first kappa shape index (κ1) is 14.3. The lowest BCUT2D eigenvalue weighted by Crippen LogP contribution is -2.41. The molecule has 0 aliphatic carbocycles. The lowest BCUT2D eigenvalue weighted by Gasteiger charge is -2.30. The van der Waals surface area contributed by atoms with E-state index in [1.165, 1.54) is 0 Å². The summed E-state index contributed by atoms with van der Waals surface area (Å²) in [6, 6.07) is 8.00. The number of morpholine rings is 1. The van der Waals surface area contributed by atoms with E-state index in [1.54, 1.807) is 0 Å². The van der Waals surface area contributed by atoms with E-state index in [1.807, 2.05) is 24.3 Å². The zero-order valence-electron chi connectivity index (χ0n) is 11.7. The van der Waals surface area contributed by atoms with Gasteiger partial charge in [-0.2, -0.15) is 0 Å². The van der Waals surface area contributed by atoms with Crippen molar-refractivity contribution in [2.75, 3.05) is 32.8 Å². The lowest BCUT2D eigenvalue weighted by atomic mass is 10.2. The number of hydrogen-bond acceptors (Lipinski definition) is 4. The molecule has 0 saturated carbocycles. The third kappa shape index (κ3) is 4.82. The fourth-order valence-corrected chi connectivity index (χ4v) is 2.33. The van der Waals surface area contributed by atoms with Gasteiger partial charge in [-0.3, -0.25) is 4.90 Å². The van der Waals surface area contributed by atoms with Gasteiger partial charge in [-0.15, -0.1) is 0 Å². The van der Waals surface area contributed by atoms with Gasteiger partial charge in [-0.05, 0) is 31.0 Å². The van der Waals surface area contributed by atoms with Crippen LogP contribution in [-0.4, -0.2) is 43.9 Å². The first-order valence-corrected chi connectivity index (χ1v) is 7.03. The van der Waals surface area contributed by atoms with Gasteiger partial charge in [0, 0.05) is 26.2 Å². The van der Waals surface area contributed by atoms with Crippen LogP contribution in [0.2, 0.25) is 0 Å². The van der Waals surface area contributed by atoms with E-state index in [4.69, 9.17) is 15.2 Å². The second-order valence-electron chi connectivity index (χ2n) is 5.04. The Balaban J connectivity index is 1.66. The molecule has 4 nitrogen and oxygen atoms in total. The average Bonchev–Trinajstić information content (AvgIpc) is 2.44. The summed E-state index contributed by atoms with van der Waals surface area (Å²) in [5.41, 5.74) is 6.72. The van der Waals surface area contributed by atoms with E-state index >= 15 is 0 Å². The first-order valence-electron chi connectivity index (χ1n) is 7.03. The van der Waals surface area contributed by atoms with Crippen molar-refractivity contribution in [3.05, 3.63) is 29.8 Å². The summed E-state index contributed by atoms with van der Waals surface area (Å²) in [7, 11) is 0. The normalized spacial score (nSPS) is 20.4. The Labute approximate surface area is 115 Å². The van der Waals surface area contributed by atoms with Crippen LogP contribution in [0.25, 0.3) is 0 Å². The minimum absolute atomic E-state index is 0.357. The van der Waals surface area contributed by atoms with Crippen LogP contribution < -0.4 is 10.5 Å². The first-order chi connectivity index (χ1) is 9.28. The number of rotatable bonds is 6. The van der Waals surface area contributed by atoms with Crippen LogP contribution in [0, 0.1) is 0 Å². The number of benzene rings is 1. The SMILES string of the molecule is CC1CN(CCCOc2cccc(CN)c2)CCO1. The summed E-state index contributed by atoms with van der Waals surface area (Å²) in [5.74, 6) is 0.915. The molecule has 1 aliphatic heterocycles. The number of ether oxygens (including phenoxy) is 2. The molecular formula is C15H24N2O2. The number of nitrogens with two attached hydrogens (primary N) is 1. The van der Waals surface area contributed by atoms with Gasteiger partial charge >= 0.3 is 0 Å². The maximum absolute atomic E-state index is 5.75. The molecular weight excluding hydrogens is 240 g/mol. The Morgan fingerprint density at radius 2 is 2.37 bits per heavy atom. The van der Waals surface area contributed by atoms with E-state index in [2.05, 4.69) is 11.8 Å². The molecule has 19 heavy (non-hydrogen) atoms. The summed E-state index contributed by atoms with van der Waals surface area (Å²) in [4.78, 5) is 2.44. The molecule has 2 rings (SSSR count). The van der Waals surface area contributed by atoms with Crippen LogP contribution in [0.1, 0.15) is 18.9 Å². The monoisotopic (exact) mass is 264 g/mol. The molecule has 0 spiro atoms. The van der Waals surface area contributed by atoms with Crippen molar-refractivity contribution in [2.24, 2.45) is 5.73 Å². The summed E-state index contributed by atoms with van der Waals surface area (Å²) >= 11 is 0. The smallest absolute Gasteiger partial charge is 0.119 e. The Bertz CT molecular complexity index is 384. The van der Waals surface area contributed by atoms with Crippen LogP contribution in [0.3, 0.4) is 0 Å². The fourth-order valence-electron chi connectivity index (χ4n) is 2.33. The van der Waals surface area contributed by atoms with Crippen molar-refractivity contribution >= 4 is 0 Å². The minimum atomic E-state index is 0.357. The van der Waals surface area contributed by atoms with E-state index in [0.29, 0.717) is 12.6 Å². The second kappa shape index (κ2) is 7.48. The average molecular weight is 264 g/mol. The van der Waals surface area contributed by atoms with Gasteiger partial charge in [-0.25, -0.2) is 0 Å². The Morgan fingerprint density at radius 3 is 3.16 bits per heavy atom. The molecule has 4 heteroatoms. The quantitative estimate of drug-likeness (QED) is 0.793. The van der Waals surface area contributed by atoms with Crippen LogP contribution in [0.4, 0.5) is 0 Å². The van der Waals surface area contributed by atoms with Crippen molar-refractivity contribution in [3.8, 4) is 5.75 Å². The number of nitrogens with zero attached hydrogens (tertiary/aromatic N) is 1. The van der Waals surface area contributed by atoms with E-state index in [-0.39, 0.29) is 0 Å². The topological polar surface area (TPSA) is 47.7 Å². The molecule has 1 aliphatic rings. The summed E-state index contributed by atoms with van der Waals surface area (Å²) in [6.45, 7) is 7.42. The Morgan fingerprint density at radius 1 is 1.47 bits per heavy atom. The van der Waals surface area contributed by atoms with Crippen molar-refractivity contribution in [2.45, 2.75) is 26.0 Å². The molecule has 1 aromatic rings. The molecule has 1 saturated heterocycles. The third-order valence-electron chi connectivity index (χ3n) is 3.35. The van der Waals surface area contributed by atoms with E-state index in [0.717, 1.165) is 50.6 Å². The standard InChI is InChI=1S/C15H24N2O2/c1-13-12-17(7-9-18-13)6-3-8-19-15-5-2-4-14(10-15)11-16/h2,4-5,10,13H,3,6-9,11-12,16H2,1H3. The van der Waals surface area contributed by atoms with Crippen molar-refractivity contribution in [3.63, 3.8) is 0 Å². The van der Waals surface area contributed by atoms with Crippen LogP contribution >= 0.6 is 0 Å². The molecule has 0 radical (unpaired) electrons. The van der Waals surface area contributed by atoms with Crippen LogP contribution in [0.15, 0.2) is 24.3 Å². The van der Waals surface area contributed by atoms with Gasteiger partial charge in [-0.1, -0.05) is 12.1 Å². The highest BCUT2D eigenvalue weighted by molar-refractivity contribution is 5.28. The molecule has 0 aromatic heterocycles. The van der Waals surface area contributed by atoms with Crippen LogP contribution in [-0.2, 0) is 11.3 Å². The molecule has 1 unspecified atom stereocenters. The Hall–Kier alpha value is -1.10. The van der Waals surface area contributed by atoms with Gasteiger partial charge in [0.15, 0.2) is 0 Å². The van der Waals surface area contributed by atoms with Gasteiger partial charge in [0.2, 0.25) is 0 Å². The minimum Gasteiger partial charge on any atom is -0.494 e. The van der Waals surface area contributed by atoms with Gasteiger partial charge in [0.25, 0.3) is 0 Å². The maximum Gasteiger partial charge on any atom is 0.119 e. The third-order valence-corrected chi connectivity index (χ3v) is 3.35. The Kier molecular flexibility index (Phi) is 5.63. The highest BCUT2D eigenvalue weighted by Crippen LogP contribution is 2.13. The summed E-state index contributed by atoms with van der Waals surface area (Å²) in [6.07, 6.45) is 1.40. The van der Waals surface area contributed by atoms with Crippen molar-refractivity contribution in [1.29, 1.82) is 0 Å². The zero-order chi connectivity index (χ0) is 13.5. The maximum atomic E-state index is 5.75. The highest BCUT2D eigenvalue weighted by Gasteiger charge is 2.15. The van der Waals surface area contributed by atoms with Gasteiger partial charge < -0.3 is 15.2 Å². The summed E-state index contributed by atoms with van der Waals surface area (Å²) < 4.78 is 11.3. The van der Waals surface area contributed by atoms with E-state index in [9.17, 15) is 0 Å². The van der Waals surface area contributed by atoms with Crippen molar-refractivity contribution in [1.82, 2.24) is 4.90 Å². The lowest BCUT2D eigenvalue weighted by molar-refractivity contribution is -0.0193.